The van der Waals surface area contributed by atoms with Gasteiger partial charge in [-0.2, -0.15) is 4.98 Å². The van der Waals surface area contributed by atoms with Gasteiger partial charge in [0, 0.05) is 57.8 Å². The number of allylic oxidation sites excluding steroid dienone is 1. The summed E-state index contributed by atoms with van der Waals surface area (Å²) in [4.78, 5) is 38.0. The number of aliphatic hydroxyl groups is 1. The van der Waals surface area contributed by atoms with Crippen LogP contribution in [0.15, 0.2) is 16.8 Å². The SMILES string of the molecule is CN(C)C(=O)N1CCC(CC(=O)c2noc(-c3cnc4c(c3NC3[C@@H]5CC6C[C@H]3CC(O)(C6)C5)C=CC4)n2)CC1. The molecule has 3 unspecified atom stereocenters. The molecule has 2 amide bonds. The third kappa shape index (κ3) is 4.50. The van der Waals surface area contributed by atoms with Crippen LogP contribution in [-0.2, 0) is 6.42 Å². The second-order valence-corrected chi connectivity index (χ2v) is 13.0. The summed E-state index contributed by atoms with van der Waals surface area (Å²) in [5, 5.41) is 19.0. The number of hydrogen-bond donors (Lipinski definition) is 2. The third-order valence-corrected chi connectivity index (χ3v) is 9.99. The molecule has 5 atom stereocenters. The molecule has 5 aliphatic carbocycles. The van der Waals surface area contributed by atoms with Gasteiger partial charge in [0.15, 0.2) is 0 Å². The number of rotatable bonds is 6. The zero-order valence-corrected chi connectivity index (χ0v) is 23.3. The van der Waals surface area contributed by atoms with Gasteiger partial charge in [0.1, 0.15) is 0 Å². The number of piperidine rings is 1. The van der Waals surface area contributed by atoms with Gasteiger partial charge in [-0.05, 0) is 68.6 Å². The van der Waals surface area contributed by atoms with Crippen molar-refractivity contribution in [3.8, 4) is 11.5 Å². The normalized spacial score (nSPS) is 30.5. The summed E-state index contributed by atoms with van der Waals surface area (Å²) in [6.07, 6.45) is 13.7. The number of nitrogens with one attached hydrogen (secondary N) is 1. The highest BCUT2D eigenvalue weighted by molar-refractivity contribution is 5.93. The number of carbonyl (C=O) groups excluding carboxylic acids is 2. The van der Waals surface area contributed by atoms with Crippen LogP contribution in [0.1, 0.15) is 73.2 Å². The van der Waals surface area contributed by atoms with E-state index >= 15 is 0 Å². The minimum absolute atomic E-state index is 0.0133. The summed E-state index contributed by atoms with van der Waals surface area (Å²) in [6.45, 7) is 1.30. The number of ketones is 1. The Morgan fingerprint density at radius 1 is 1.18 bits per heavy atom. The number of aromatic nitrogens is 3. The van der Waals surface area contributed by atoms with E-state index in [4.69, 9.17) is 4.52 Å². The molecule has 1 aliphatic heterocycles. The van der Waals surface area contributed by atoms with Gasteiger partial charge in [-0.15, -0.1) is 0 Å². The minimum atomic E-state index is -0.488. The highest BCUT2D eigenvalue weighted by atomic mass is 16.5. The summed E-state index contributed by atoms with van der Waals surface area (Å²) in [5.74, 6) is 1.97. The Morgan fingerprint density at radius 2 is 1.93 bits per heavy atom. The first kappa shape index (κ1) is 25.7. The summed E-state index contributed by atoms with van der Waals surface area (Å²) < 4.78 is 5.68. The molecule has 10 heteroatoms. The fourth-order valence-corrected chi connectivity index (χ4v) is 8.31. The summed E-state index contributed by atoms with van der Waals surface area (Å²) in [6, 6.07) is 0.296. The number of nitrogens with zero attached hydrogens (tertiary/aromatic N) is 5. The molecule has 0 radical (unpaired) electrons. The molecule has 6 aliphatic rings. The Hall–Kier alpha value is -3.27. The van der Waals surface area contributed by atoms with Crippen molar-refractivity contribution >= 4 is 23.6 Å². The molecule has 1 saturated heterocycles. The summed E-state index contributed by atoms with van der Waals surface area (Å²) >= 11 is 0. The van der Waals surface area contributed by atoms with Crippen LogP contribution >= 0.6 is 0 Å². The lowest BCUT2D eigenvalue weighted by Gasteiger charge is -2.58. The first-order chi connectivity index (χ1) is 19.3. The van der Waals surface area contributed by atoms with Gasteiger partial charge in [-0.25, -0.2) is 4.79 Å². The molecule has 2 aromatic rings. The van der Waals surface area contributed by atoms with Gasteiger partial charge in [0.2, 0.25) is 11.6 Å². The van der Waals surface area contributed by atoms with Gasteiger partial charge in [-0.3, -0.25) is 9.78 Å². The van der Waals surface area contributed by atoms with Crippen molar-refractivity contribution in [2.75, 3.05) is 32.5 Å². The molecule has 4 bridgehead atoms. The number of Topliss-reactive ketones (excluding diaryl/α,β-unsaturated/α-hetero) is 1. The van der Waals surface area contributed by atoms with Gasteiger partial charge in [0.05, 0.1) is 22.5 Å². The van der Waals surface area contributed by atoms with Crippen molar-refractivity contribution in [1.82, 2.24) is 24.9 Å². The molecular formula is C30H38N6O4. The Balaban J connectivity index is 1.09. The monoisotopic (exact) mass is 546 g/mol. The van der Waals surface area contributed by atoms with E-state index in [0.717, 1.165) is 73.9 Å². The third-order valence-electron chi connectivity index (χ3n) is 9.99. The Morgan fingerprint density at radius 3 is 2.62 bits per heavy atom. The van der Waals surface area contributed by atoms with E-state index < -0.39 is 5.60 Å². The quantitative estimate of drug-likeness (QED) is 0.521. The van der Waals surface area contributed by atoms with Gasteiger partial charge in [0.25, 0.3) is 5.89 Å². The molecule has 4 saturated carbocycles. The Labute approximate surface area is 234 Å². The van der Waals surface area contributed by atoms with Gasteiger partial charge < -0.3 is 24.7 Å². The van der Waals surface area contributed by atoms with Crippen molar-refractivity contribution in [3.63, 3.8) is 0 Å². The molecular weight excluding hydrogens is 508 g/mol. The summed E-state index contributed by atoms with van der Waals surface area (Å²) in [5.41, 5.74) is 3.25. The number of pyridine rings is 1. The van der Waals surface area contributed by atoms with Crippen molar-refractivity contribution < 1.29 is 19.2 Å². The minimum Gasteiger partial charge on any atom is -0.390 e. The first-order valence-corrected chi connectivity index (χ1v) is 14.8. The predicted octanol–water partition coefficient (Wildman–Crippen LogP) is 4.02. The lowest BCUT2D eigenvalue weighted by Crippen LogP contribution is -2.59. The fraction of sp³-hybridized carbons (Fsp3) is 0.633. The lowest BCUT2D eigenvalue weighted by atomic mass is 9.52. The predicted molar refractivity (Wildman–Crippen MR) is 149 cm³/mol. The van der Waals surface area contributed by atoms with Crippen LogP contribution in [0, 0.1) is 23.7 Å². The first-order valence-electron chi connectivity index (χ1n) is 14.8. The van der Waals surface area contributed by atoms with Gasteiger partial charge >= 0.3 is 6.03 Å². The van der Waals surface area contributed by atoms with Crippen molar-refractivity contribution in [2.45, 2.75) is 69.4 Å². The topological polar surface area (TPSA) is 125 Å². The number of carbonyl (C=O) groups is 2. The van der Waals surface area contributed by atoms with Crippen molar-refractivity contribution in [3.05, 3.63) is 29.4 Å². The van der Waals surface area contributed by atoms with E-state index in [9.17, 15) is 14.7 Å². The molecule has 0 aromatic carbocycles. The second kappa shape index (κ2) is 9.68. The Kier molecular flexibility index (Phi) is 6.21. The fourth-order valence-electron chi connectivity index (χ4n) is 8.31. The molecule has 2 aromatic heterocycles. The second-order valence-electron chi connectivity index (χ2n) is 13.0. The van der Waals surface area contributed by atoms with Crippen LogP contribution in [0.3, 0.4) is 0 Å². The van der Waals surface area contributed by atoms with Crippen LogP contribution < -0.4 is 5.32 Å². The smallest absolute Gasteiger partial charge is 0.319 e. The number of likely N-dealkylation sites (tertiary alicyclic amines) is 1. The van der Waals surface area contributed by atoms with E-state index in [1.807, 2.05) is 4.90 Å². The molecule has 0 spiro atoms. The number of fused-ring (bicyclic) bond motifs is 1. The van der Waals surface area contributed by atoms with Crippen LogP contribution in [0.4, 0.5) is 10.5 Å². The molecule has 40 heavy (non-hydrogen) atoms. The van der Waals surface area contributed by atoms with Crippen molar-refractivity contribution in [1.29, 1.82) is 0 Å². The number of anilines is 1. The average molecular weight is 547 g/mol. The largest absolute Gasteiger partial charge is 0.390 e. The Bertz CT molecular complexity index is 1340. The van der Waals surface area contributed by atoms with E-state index in [0.29, 0.717) is 43.2 Å². The van der Waals surface area contributed by atoms with Crippen LogP contribution in [0.2, 0.25) is 0 Å². The van der Waals surface area contributed by atoms with Crippen LogP contribution in [0.25, 0.3) is 17.5 Å². The zero-order chi connectivity index (χ0) is 27.6. The zero-order valence-electron chi connectivity index (χ0n) is 23.3. The van der Waals surface area contributed by atoms with E-state index in [1.54, 1.807) is 25.2 Å². The maximum Gasteiger partial charge on any atom is 0.319 e. The number of amides is 2. The highest BCUT2D eigenvalue weighted by Gasteiger charge is 2.55. The highest BCUT2D eigenvalue weighted by Crippen LogP contribution is 2.56. The average Bonchev–Trinajstić information content (AvgIpc) is 3.60. The van der Waals surface area contributed by atoms with Crippen molar-refractivity contribution in [2.24, 2.45) is 23.7 Å². The van der Waals surface area contributed by atoms with Gasteiger partial charge in [-0.1, -0.05) is 17.3 Å². The molecule has 212 valence electrons. The van der Waals surface area contributed by atoms with E-state index in [1.165, 1.54) is 0 Å². The molecule has 2 N–H and O–H groups in total. The van der Waals surface area contributed by atoms with Crippen LogP contribution in [-0.4, -0.2) is 80.7 Å². The molecule has 3 heterocycles. The van der Waals surface area contributed by atoms with Crippen LogP contribution in [0.5, 0.6) is 0 Å². The maximum atomic E-state index is 13.1. The van der Waals surface area contributed by atoms with E-state index in [2.05, 4.69) is 32.6 Å². The lowest BCUT2D eigenvalue weighted by molar-refractivity contribution is -0.129. The molecule has 5 fully saturated rings. The molecule has 10 nitrogen and oxygen atoms in total. The molecule has 8 rings (SSSR count). The maximum absolute atomic E-state index is 13.1. The standard InChI is InChI=1S/C30H38N6O4/c1-35(2)29(38)36-8-6-17(7-9-36)12-24(37)27-33-28(40-34-27)22-16-31-23-5-3-4-21(23)26(22)32-25-19-10-18-11-20(25)15-30(39,13-18)14-19/h3-4,16-20,25,39H,5-15H2,1-2H3,(H,31,32)/t18?,19-,20+,25?,30?. The number of urea groups is 1. The van der Waals surface area contributed by atoms with E-state index in [-0.39, 0.29) is 29.6 Å². The number of hydrogen-bond acceptors (Lipinski definition) is 8. The summed E-state index contributed by atoms with van der Waals surface area (Å²) in [7, 11) is 3.51.